The lowest BCUT2D eigenvalue weighted by atomic mass is 10.2. The molecule has 0 amide bonds. The van der Waals surface area contributed by atoms with Gasteiger partial charge in [-0.2, -0.15) is 0 Å². The van der Waals surface area contributed by atoms with Crippen molar-refractivity contribution in [1.29, 1.82) is 0 Å². The van der Waals surface area contributed by atoms with Crippen molar-refractivity contribution < 1.29 is 13.5 Å². The van der Waals surface area contributed by atoms with E-state index in [-0.39, 0.29) is 6.54 Å². The maximum Gasteiger partial charge on any atom is 0.283 e. The Morgan fingerprint density at radius 3 is 2.08 bits per heavy atom. The molecule has 0 aromatic rings. The van der Waals surface area contributed by atoms with Gasteiger partial charge in [-0.3, -0.25) is 0 Å². The zero-order chi connectivity index (χ0) is 9.83. The Kier molecular flexibility index (Phi) is 4.06. The van der Waals surface area contributed by atoms with E-state index in [0.717, 1.165) is 0 Å². The van der Waals surface area contributed by atoms with Crippen LogP contribution < -0.4 is 5.32 Å². The van der Waals surface area contributed by atoms with Crippen LogP contribution in [0.3, 0.4) is 0 Å². The van der Waals surface area contributed by atoms with Gasteiger partial charge < -0.3 is 10.1 Å². The van der Waals surface area contributed by atoms with Crippen LogP contribution in [0, 0.1) is 0 Å². The first kappa shape index (κ1) is 11.8. The summed E-state index contributed by atoms with van der Waals surface area (Å²) < 4.78 is 30.5. The molecule has 0 unspecified atom stereocenters. The summed E-state index contributed by atoms with van der Waals surface area (Å²) in [5, 5.41) is 2.41. The molecule has 0 heterocycles. The summed E-state index contributed by atoms with van der Waals surface area (Å²) in [6.45, 7) is 4.38. The van der Waals surface area contributed by atoms with Crippen LogP contribution in [0.5, 0.6) is 0 Å². The van der Waals surface area contributed by atoms with E-state index in [9.17, 15) is 8.78 Å². The molecule has 0 saturated heterocycles. The predicted molar refractivity (Wildman–Crippen MR) is 44.6 cm³/mol. The van der Waals surface area contributed by atoms with Crippen LogP contribution in [0.25, 0.3) is 0 Å². The van der Waals surface area contributed by atoms with Gasteiger partial charge >= 0.3 is 0 Å². The van der Waals surface area contributed by atoms with Crippen molar-refractivity contribution in [1.82, 2.24) is 5.32 Å². The standard InChI is InChI=1S/C8H17F2NO/c1-7(2,3)12-6-8(9,10)5-11-4/h11H,5-6H2,1-4H3. The average Bonchev–Trinajstić information content (AvgIpc) is 1.83. The van der Waals surface area contributed by atoms with Gasteiger partial charge in [-0.05, 0) is 27.8 Å². The van der Waals surface area contributed by atoms with Gasteiger partial charge in [0.25, 0.3) is 5.92 Å². The van der Waals surface area contributed by atoms with E-state index in [1.54, 1.807) is 20.8 Å². The highest BCUT2D eigenvalue weighted by atomic mass is 19.3. The minimum absolute atomic E-state index is 0.344. The summed E-state index contributed by atoms with van der Waals surface area (Å²) in [4.78, 5) is 0. The summed E-state index contributed by atoms with van der Waals surface area (Å²) in [7, 11) is 1.49. The van der Waals surface area contributed by atoms with Gasteiger partial charge in [0.2, 0.25) is 0 Å². The van der Waals surface area contributed by atoms with Crippen LogP contribution in [0.2, 0.25) is 0 Å². The first-order valence-electron chi connectivity index (χ1n) is 3.93. The molecule has 0 aliphatic rings. The average molecular weight is 181 g/mol. The molecule has 0 aliphatic heterocycles. The van der Waals surface area contributed by atoms with E-state index in [1.807, 2.05) is 0 Å². The van der Waals surface area contributed by atoms with Crippen molar-refractivity contribution in [2.24, 2.45) is 0 Å². The number of hydrogen-bond donors (Lipinski definition) is 1. The molecule has 1 N–H and O–H groups in total. The third kappa shape index (κ3) is 6.49. The monoisotopic (exact) mass is 181 g/mol. The van der Waals surface area contributed by atoms with Gasteiger partial charge in [0.1, 0.15) is 6.61 Å². The largest absolute Gasteiger partial charge is 0.370 e. The highest BCUT2D eigenvalue weighted by molar-refractivity contribution is 4.70. The number of nitrogens with one attached hydrogen (secondary N) is 1. The Hall–Kier alpha value is -0.220. The van der Waals surface area contributed by atoms with Crippen molar-refractivity contribution in [3.63, 3.8) is 0 Å². The van der Waals surface area contributed by atoms with Crippen LogP contribution in [-0.4, -0.2) is 31.7 Å². The lowest BCUT2D eigenvalue weighted by Gasteiger charge is -2.24. The zero-order valence-corrected chi connectivity index (χ0v) is 8.08. The minimum Gasteiger partial charge on any atom is -0.370 e. The van der Waals surface area contributed by atoms with Crippen LogP contribution in [-0.2, 0) is 4.74 Å². The van der Waals surface area contributed by atoms with Crippen LogP contribution in [0.15, 0.2) is 0 Å². The highest BCUT2D eigenvalue weighted by Gasteiger charge is 2.30. The SMILES string of the molecule is CNCC(F)(F)COC(C)(C)C. The fraction of sp³-hybridized carbons (Fsp3) is 1.00. The van der Waals surface area contributed by atoms with Gasteiger partial charge in [-0.15, -0.1) is 0 Å². The molecule has 0 aliphatic carbocycles. The second-order valence-corrected chi connectivity index (χ2v) is 3.79. The number of rotatable bonds is 4. The quantitative estimate of drug-likeness (QED) is 0.712. The molecule has 0 rings (SSSR count). The smallest absolute Gasteiger partial charge is 0.283 e. The van der Waals surface area contributed by atoms with Gasteiger partial charge in [0.15, 0.2) is 0 Å². The number of ether oxygens (including phenoxy) is 1. The van der Waals surface area contributed by atoms with E-state index in [1.165, 1.54) is 7.05 Å². The van der Waals surface area contributed by atoms with Crippen molar-refractivity contribution in [3.8, 4) is 0 Å². The van der Waals surface area contributed by atoms with Crippen LogP contribution >= 0.6 is 0 Å². The van der Waals surface area contributed by atoms with E-state index < -0.39 is 18.1 Å². The first-order chi connectivity index (χ1) is 5.27. The van der Waals surface area contributed by atoms with E-state index in [4.69, 9.17) is 4.74 Å². The number of halogens is 2. The van der Waals surface area contributed by atoms with Crippen molar-refractivity contribution >= 4 is 0 Å². The third-order valence-corrected chi connectivity index (χ3v) is 1.15. The molecule has 0 spiro atoms. The van der Waals surface area contributed by atoms with Crippen molar-refractivity contribution in [3.05, 3.63) is 0 Å². The molecule has 0 bridgehead atoms. The Labute approximate surface area is 72.3 Å². The predicted octanol–water partition coefficient (Wildman–Crippen LogP) is 1.66. The highest BCUT2D eigenvalue weighted by Crippen LogP contribution is 2.16. The molecular formula is C8H17F2NO. The van der Waals surface area contributed by atoms with Crippen LogP contribution in [0.1, 0.15) is 20.8 Å². The summed E-state index contributed by atoms with van der Waals surface area (Å²) in [6, 6.07) is 0. The third-order valence-electron chi connectivity index (χ3n) is 1.15. The number of alkyl halides is 2. The molecule has 0 saturated carbocycles. The minimum atomic E-state index is -2.78. The van der Waals surface area contributed by atoms with Crippen molar-refractivity contribution in [2.75, 3.05) is 20.2 Å². The maximum absolute atomic E-state index is 12.8. The molecule has 0 fully saturated rings. The van der Waals surface area contributed by atoms with Gasteiger partial charge in [0, 0.05) is 0 Å². The summed E-state index contributed by atoms with van der Waals surface area (Å²) in [5.74, 6) is -2.78. The lowest BCUT2D eigenvalue weighted by Crippen LogP contribution is -2.38. The van der Waals surface area contributed by atoms with Gasteiger partial charge in [0.05, 0.1) is 12.1 Å². The van der Waals surface area contributed by atoms with Crippen molar-refractivity contribution in [2.45, 2.75) is 32.3 Å². The number of hydrogen-bond acceptors (Lipinski definition) is 2. The Bertz CT molecular complexity index is 132. The molecule has 0 aromatic heterocycles. The summed E-state index contributed by atoms with van der Waals surface area (Å²) >= 11 is 0. The first-order valence-corrected chi connectivity index (χ1v) is 3.93. The van der Waals surface area contributed by atoms with Gasteiger partial charge in [-0.1, -0.05) is 0 Å². The summed E-state index contributed by atoms with van der Waals surface area (Å²) in [6.07, 6.45) is 0. The maximum atomic E-state index is 12.8. The Balaban J connectivity index is 3.75. The molecule has 0 radical (unpaired) electrons. The molecule has 4 heteroatoms. The molecular weight excluding hydrogens is 164 g/mol. The summed E-state index contributed by atoms with van der Waals surface area (Å²) in [5.41, 5.74) is -0.503. The second-order valence-electron chi connectivity index (χ2n) is 3.79. The van der Waals surface area contributed by atoms with E-state index in [2.05, 4.69) is 5.32 Å². The molecule has 0 atom stereocenters. The van der Waals surface area contributed by atoms with E-state index in [0.29, 0.717) is 0 Å². The molecule has 12 heavy (non-hydrogen) atoms. The fourth-order valence-corrected chi connectivity index (χ4v) is 0.632. The lowest BCUT2D eigenvalue weighted by molar-refractivity contribution is -0.118. The zero-order valence-electron chi connectivity index (χ0n) is 8.08. The second kappa shape index (κ2) is 4.14. The molecule has 2 nitrogen and oxygen atoms in total. The van der Waals surface area contributed by atoms with Gasteiger partial charge in [-0.25, -0.2) is 8.78 Å². The Morgan fingerprint density at radius 2 is 1.75 bits per heavy atom. The van der Waals surface area contributed by atoms with Crippen LogP contribution in [0.4, 0.5) is 8.78 Å². The topological polar surface area (TPSA) is 21.3 Å². The molecule has 74 valence electrons. The fourth-order valence-electron chi connectivity index (χ4n) is 0.632. The normalized spacial score (nSPS) is 13.5. The molecule has 0 aromatic carbocycles. The Morgan fingerprint density at radius 1 is 1.25 bits per heavy atom. The van der Waals surface area contributed by atoms with E-state index >= 15 is 0 Å².